The maximum atomic E-state index is 11.5. The lowest BCUT2D eigenvalue weighted by atomic mass is 10.3. The minimum absolute atomic E-state index is 0.345. The van der Waals surface area contributed by atoms with Gasteiger partial charge in [0.05, 0.1) is 6.61 Å². The molecular weight excluding hydrogens is 248 g/mol. The molecule has 19 heavy (non-hydrogen) atoms. The first kappa shape index (κ1) is 13.5. The lowest BCUT2D eigenvalue weighted by molar-refractivity contribution is 0.205. The molecule has 2 heterocycles. The molecule has 0 spiro atoms. The van der Waals surface area contributed by atoms with Gasteiger partial charge in [-0.2, -0.15) is 9.61 Å². The minimum atomic E-state index is -0.345. The second kappa shape index (κ2) is 6.30. The number of hydrogen-bond acceptors (Lipinski definition) is 6. The average molecular weight is 266 g/mol. The third kappa shape index (κ3) is 3.09. The summed E-state index contributed by atoms with van der Waals surface area (Å²) in [6, 6.07) is 3.59. The summed E-state index contributed by atoms with van der Waals surface area (Å²) in [5.74, 6) is 0.710. The highest BCUT2D eigenvalue weighted by molar-refractivity contribution is 5.44. The van der Waals surface area contributed by atoms with Crippen LogP contribution in [0.1, 0.15) is 6.42 Å². The molecule has 8 nitrogen and oxygen atoms in total. The molecule has 8 heteroatoms. The third-order valence-corrected chi connectivity index (χ3v) is 2.78. The summed E-state index contributed by atoms with van der Waals surface area (Å²) in [4.78, 5) is 13.5. The van der Waals surface area contributed by atoms with E-state index in [2.05, 4.69) is 15.3 Å². The monoisotopic (exact) mass is 266 g/mol. The number of methoxy groups -OCH3 is 1. The smallest absolute Gasteiger partial charge is 0.364 e. The molecule has 0 aliphatic rings. The van der Waals surface area contributed by atoms with Crippen molar-refractivity contribution < 1.29 is 4.74 Å². The maximum Gasteiger partial charge on any atom is 0.364 e. The van der Waals surface area contributed by atoms with E-state index in [4.69, 9.17) is 10.5 Å². The number of hydrogen-bond donors (Lipinski definition) is 2. The predicted octanol–water partition coefficient (Wildman–Crippen LogP) is -0.781. The number of anilines is 1. The molecule has 0 atom stereocenters. The summed E-state index contributed by atoms with van der Waals surface area (Å²) in [7, 11) is 1.65. The number of nitrogens with one attached hydrogen (secondary N) is 1. The highest BCUT2D eigenvalue weighted by atomic mass is 16.5. The van der Waals surface area contributed by atoms with Crippen LogP contribution in [-0.2, 0) is 4.74 Å². The van der Waals surface area contributed by atoms with Crippen LogP contribution in [-0.4, -0.2) is 53.2 Å². The highest BCUT2D eigenvalue weighted by Gasteiger charge is 2.10. The van der Waals surface area contributed by atoms with Crippen molar-refractivity contribution >= 4 is 11.5 Å². The number of H-pyrrole nitrogens is 1. The predicted molar refractivity (Wildman–Crippen MR) is 71.4 cm³/mol. The van der Waals surface area contributed by atoms with Crippen molar-refractivity contribution in [1.29, 1.82) is 0 Å². The third-order valence-electron chi connectivity index (χ3n) is 2.78. The largest absolute Gasteiger partial charge is 0.383 e. The molecule has 0 aliphatic heterocycles. The molecule has 0 amide bonds. The second-order valence-electron chi connectivity index (χ2n) is 4.11. The van der Waals surface area contributed by atoms with Crippen LogP contribution in [0.2, 0.25) is 0 Å². The minimum Gasteiger partial charge on any atom is -0.383 e. The van der Waals surface area contributed by atoms with E-state index in [1.807, 2.05) is 11.0 Å². The number of aromatic nitrogens is 4. The van der Waals surface area contributed by atoms with E-state index in [9.17, 15) is 4.79 Å². The van der Waals surface area contributed by atoms with Crippen LogP contribution in [0.3, 0.4) is 0 Å². The fourth-order valence-electron chi connectivity index (χ4n) is 1.79. The molecule has 0 fully saturated rings. The summed E-state index contributed by atoms with van der Waals surface area (Å²) in [5.41, 5.74) is 5.69. The molecule has 2 aromatic heterocycles. The fraction of sp³-hybridized carbons (Fsp3) is 0.545. The normalized spacial score (nSPS) is 11.1. The van der Waals surface area contributed by atoms with Gasteiger partial charge in [0, 0.05) is 20.2 Å². The Morgan fingerprint density at radius 1 is 1.47 bits per heavy atom. The van der Waals surface area contributed by atoms with E-state index in [0.717, 1.165) is 13.0 Å². The molecule has 0 aliphatic carbocycles. The first-order chi connectivity index (χ1) is 9.26. The van der Waals surface area contributed by atoms with Crippen molar-refractivity contribution in [3.05, 3.63) is 22.6 Å². The van der Waals surface area contributed by atoms with Gasteiger partial charge in [0.2, 0.25) is 0 Å². The first-order valence-electron chi connectivity index (χ1n) is 6.14. The van der Waals surface area contributed by atoms with Crippen molar-refractivity contribution in [2.45, 2.75) is 6.42 Å². The SMILES string of the molecule is COCCN(CCCN)c1ccc2n[nH]c(=O)n2n1. The number of fused-ring (bicyclic) bond motifs is 1. The van der Waals surface area contributed by atoms with Crippen LogP contribution in [0, 0.1) is 0 Å². The zero-order valence-corrected chi connectivity index (χ0v) is 10.9. The Kier molecular flexibility index (Phi) is 4.48. The van der Waals surface area contributed by atoms with Gasteiger partial charge in [0.25, 0.3) is 0 Å². The Morgan fingerprint density at radius 2 is 2.32 bits per heavy atom. The lowest BCUT2D eigenvalue weighted by Gasteiger charge is -2.22. The molecule has 104 valence electrons. The van der Waals surface area contributed by atoms with Crippen molar-refractivity contribution in [1.82, 2.24) is 19.8 Å². The fourth-order valence-corrected chi connectivity index (χ4v) is 1.79. The summed E-state index contributed by atoms with van der Waals surface area (Å²) in [5, 5.41) is 10.5. The van der Waals surface area contributed by atoms with Gasteiger partial charge in [-0.3, -0.25) is 0 Å². The average Bonchev–Trinajstić information content (AvgIpc) is 2.80. The van der Waals surface area contributed by atoms with E-state index in [1.54, 1.807) is 13.2 Å². The van der Waals surface area contributed by atoms with Gasteiger partial charge in [0.15, 0.2) is 5.65 Å². The molecular formula is C11H18N6O2. The van der Waals surface area contributed by atoms with Gasteiger partial charge in [-0.1, -0.05) is 0 Å². The Balaban J connectivity index is 2.25. The summed E-state index contributed by atoms with van der Waals surface area (Å²) in [6.07, 6.45) is 0.851. The molecule has 0 saturated carbocycles. The van der Waals surface area contributed by atoms with Crippen LogP contribution >= 0.6 is 0 Å². The number of nitrogens with zero attached hydrogens (tertiary/aromatic N) is 4. The topological polar surface area (TPSA) is 102 Å². The molecule has 0 aromatic carbocycles. The maximum absolute atomic E-state index is 11.5. The van der Waals surface area contributed by atoms with Crippen molar-refractivity contribution in [2.24, 2.45) is 5.73 Å². The van der Waals surface area contributed by atoms with Crippen LogP contribution in [0.25, 0.3) is 5.65 Å². The molecule has 0 bridgehead atoms. The van der Waals surface area contributed by atoms with Gasteiger partial charge in [0.1, 0.15) is 5.82 Å². The van der Waals surface area contributed by atoms with Gasteiger partial charge < -0.3 is 15.4 Å². The van der Waals surface area contributed by atoms with Crippen molar-refractivity contribution in [3.8, 4) is 0 Å². The molecule has 0 unspecified atom stereocenters. The Bertz CT molecular complexity index is 570. The lowest BCUT2D eigenvalue weighted by Crippen LogP contribution is -2.31. The van der Waals surface area contributed by atoms with Crippen LogP contribution in [0.15, 0.2) is 16.9 Å². The molecule has 0 radical (unpaired) electrons. The Labute approximate surface area is 110 Å². The summed E-state index contributed by atoms with van der Waals surface area (Å²) in [6.45, 7) is 2.66. The van der Waals surface area contributed by atoms with Gasteiger partial charge in [-0.25, -0.2) is 9.89 Å². The van der Waals surface area contributed by atoms with Crippen LogP contribution < -0.4 is 16.3 Å². The zero-order valence-electron chi connectivity index (χ0n) is 10.9. The standard InChI is InChI=1S/C11H18N6O2/c1-19-8-7-16(6-2-5-12)10-4-3-9-13-14-11(18)17(9)15-10/h3-4H,2,5-8,12H2,1H3,(H,14,18). The van der Waals surface area contributed by atoms with Crippen molar-refractivity contribution in [2.75, 3.05) is 38.3 Å². The van der Waals surface area contributed by atoms with Gasteiger partial charge in [-0.15, -0.1) is 5.10 Å². The summed E-state index contributed by atoms with van der Waals surface area (Å²) >= 11 is 0. The van der Waals surface area contributed by atoms with E-state index in [0.29, 0.717) is 31.2 Å². The molecule has 3 N–H and O–H groups in total. The van der Waals surface area contributed by atoms with Gasteiger partial charge in [-0.05, 0) is 25.1 Å². The summed E-state index contributed by atoms with van der Waals surface area (Å²) < 4.78 is 6.33. The number of nitrogens with two attached hydrogens (primary N) is 1. The quantitative estimate of drug-likeness (QED) is 0.681. The number of rotatable bonds is 7. The van der Waals surface area contributed by atoms with E-state index in [-0.39, 0.29) is 5.69 Å². The van der Waals surface area contributed by atoms with Crippen molar-refractivity contribution in [3.63, 3.8) is 0 Å². The Morgan fingerprint density at radius 3 is 3.05 bits per heavy atom. The molecule has 2 rings (SSSR count). The highest BCUT2D eigenvalue weighted by Crippen LogP contribution is 2.10. The second-order valence-corrected chi connectivity index (χ2v) is 4.11. The molecule has 0 saturated heterocycles. The van der Waals surface area contributed by atoms with E-state index in [1.165, 1.54) is 4.52 Å². The molecule has 2 aromatic rings. The number of ether oxygens (including phenoxy) is 1. The Hall–Kier alpha value is -1.93. The number of aromatic amines is 1. The van der Waals surface area contributed by atoms with E-state index < -0.39 is 0 Å². The zero-order chi connectivity index (χ0) is 13.7. The van der Waals surface area contributed by atoms with Gasteiger partial charge >= 0.3 is 5.69 Å². The van der Waals surface area contributed by atoms with Crippen LogP contribution in [0.5, 0.6) is 0 Å². The first-order valence-corrected chi connectivity index (χ1v) is 6.14. The van der Waals surface area contributed by atoms with E-state index >= 15 is 0 Å². The van der Waals surface area contributed by atoms with Crippen LogP contribution in [0.4, 0.5) is 5.82 Å².